The molecule has 0 aliphatic rings. The van der Waals surface area contributed by atoms with Gasteiger partial charge in [0.2, 0.25) is 0 Å². The molecule has 0 aliphatic heterocycles. The number of ether oxygens (including phenoxy) is 1. The van der Waals surface area contributed by atoms with Gasteiger partial charge in [-0.15, -0.1) is 0 Å². The van der Waals surface area contributed by atoms with E-state index in [1.54, 1.807) is 7.11 Å². The number of halogens is 2. The quantitative estimate of drug-likeness (QED) is 0.470. The smallest absolute Gasteiger partial charge is 0.261 e. The van der Waals surface area contributed by atoms with Gasteiger partial charge in [0.15, 0.2) is 11.6 Å². The van der Waals surface area contributed by atoms with E-state index in [1.807, 2.05) is 24.3 Å². The maximum Gasteiger partial charge on any atom is 0.261 e. The van der Waals surface area contributed by atoms with Crippen molar-refractivity contribution in [1.82, 2.24) is 5.32 Å². The minimum absolute atomic E-state index is 0.186. The largest absolute Gasteiger partial charge is 0.497 e. The van der Waals surface area contributed by atoms with E-state index in [2.05, 4.69) is 10.0 Å². The van der Waals surface area contributed by atoms with Gasteiger partial charge in [0.25, 0.3) is 15.9 Å². The van der Waals surface area contributed by atoms with E-state index in [-0.39, 0.29) is 11.6 Å². The van der Waals surface area contributed by atoms with Crippen molar-refractivity contribution in [2.45, 2.75) is 17.7 Å². The van der Waals surface area contributed by atoms with Gasteiger partial charge in [0, 0.05) is 17.8 Å². The van der Waals surface area contributed by atoms with Crippen LogP contribution < -0.4 is 14.8 Å². The van der Waals surface area contributed by atoms with E-state index in [0.29, 0.717) is 18.2 Å². The van der Waals surface area contributed by atoms with E-state index < -0.39 is 26.6 Å². The first-order valence-corrected chi connectivity index (χ1v) is 11.3. The van der Waals surface area contributed by atoms with Gasteiger partial charge in [-0.3, -0.25) is 9.52 Å². The third kappa shape index (κ3) is 6.04. The molecule has 3 aromatic rings. The van der Waals surface area contributed by atoms with Crippen LogP contribution >= 0.6 is 0 Å². The minimum atomic E-state index is -4.10. The highest BCUT2D eigenvalue weighted by molar-refractivity contribution is 7.92. The summed E-state index contributed by atoms with van der Waals surface area (Å²) in [7, 11) is -2.49. The van der Waals surface area contributed by atoms with Gasteiger partial charge in [-0.1, -0.05) is 12.1 Å². The lowest BCUT2D eigenvalue weighted by Crippen LogP contribution is -2.24. The van der Waals surface area contributed by atoms with Crippen molar-refractivity contribution in [3.8, 4) is 5.75 Å². The van der Waals surface area contributed by atoms with Crippen molar-refractivity contribution >= 4 is 21.6 Å². The molecule has 0 atom stereocenters. The third-order valence-electron chi connectivity index (χ3n) is 4.69. The maximum atomic E-state index is 13.3. The highest BCUT2D eigenvalue weighted by atomic mass is 32.2. The molecule has 0 aliphatic carbocycles. The van der Waals surface area contributed by atoms with Crippen LogP contribution in [0, 0.1) is 11.6 Å². The number of methoxy groups -OCH3 is 1. The molecular weight excluding hydrogens is 438 g/mol. The Hall–Kier alpha value is -3.46. The Balaban J connectivity index is 1.51. The Morgan fingerprint density at radius 1 is 0.938 bits per heavy atom. The second kappa shape index (κ2) is 10.2. The molecule has 0 radical (unpaired) electrons. The molecule has 6 nitrogen and oxygen atoms in total. The zero-order chi connectivity index (χ0) is 23.1. The molecule has 9 heteroatoms. The summed E-state index contributed by atoms with van der Waals surface area (Å²) in [4.78, 5) is 11.9. The number of carbonyl (C=O) groups is 1. The fraction of sp³-hybridized carbons (Fsp3) is 0.174. The maximum absolute atomic E-state index is 13.3. The van der Waals surface area contributed by atoms with Crippen LogP contribution in [-0.2, 0) is 16.4 Å². The monoisotopic (exact) mass is 460 g/mol. The van der Waals surface area contributed by atoms with E-state index in [0.717, 1.165) is 36.3 Å². The molecule has 32 heavy (non-hydrogen) atoms. The number of rotatable bonds is 9. The van der Waals surface area contributed by atoms with Crippen LogP contribution in [0.5, 0.6) is 5.75 Å². The predicted molar refractivity (Wildman–Crippen MR) is 117 cm³/mol. The van der Waals surface area contributed by atoms with Gasteiger partial charge < -0.3 is 10.1 Å². The number of anilines is 1. The number of sulfonamides is 1. The van der Waals surface area contributed by atoms with Crippen molar-refractivity contribution in [1.29, 1.82) is 0 Å². The van der Waals surface area contributed by atoms with E-state index >= 15 is 0 Å². The van der Waals surface area contributed by atoms with Crippen LogP contribution in [0.2, 0.25) is 0 Å². The normalized spacial score (nSPS) is 11.1. The number of nitrogens with one attached hydrogen (secondary N) is 2. The number of benzene rings is 3. The average Bonchev–Trinajstić information content (AvgIpc) is 2.79. The number of carbonyl (C=O) groups excluding carboxylic acids is 1. The topological polar surface area (TPSA) is 84.5 Å². The lowest BCUT2D eigenvalue weighted by molar-refractivity contribution is 0.0953. The first kappa shape index (κ1) is 23.2. The fourth-order valence-corrected chi connectivity index (χ4v) is 4.01. The van der Waals surface area contributed by atoms with Crippen LogP contribution in [0.1, 0.15) is 22.3 Å². The van der Waals surface area contributed by atoms with Crippen molar-refractivity contribution < 1.29 is 26.7 Å². The standard InChI is InChI=1S/C23H22F2N2O4S/c1-31-19-10-4-16(5-11-19)3-2-14-26-23(28)17-6-8-18(9-7-17)27-32(29,30)20-12-13-21(24)22(25)15-20/h4-13,15,27H,2-3,14H2,1H3,(H,26,28). The predicted octanol–water partition coefficient (Wildman–Crippen LogP) is 4.14. The zero-order valence-electron chi connectivity index (χ0n) is 17.3. The minimum Gasteiger partial charge on any atom is -0.497 e. The van der Waals surface area contributed by atoms with Crippen molar-refractivity contribution in [2.75, 3.05) is 18.4 Å². The summed E-state index contributed by atoms with van der Waals surface area (Å²) in [5.74, 6) is -1.89. The Morgan fingerprint density at radius 3 is 2.25 bits per heavy atom. The molecule has 0 saturated carbocycles. The first-order chi connectivity index (χ1) is 15.3. The van der Waals surface area contributed by atoms with Gasteiger partial charge in [0.1, 0.15) is 5.75 Å². The van der Waals surface area contributed by atoms with Gasteiger partial charge in [-0.2, -0.15) is 0 Å². The van der Waals surface area contributed by atoms with Gasteiger partial charge >= 0.3 is 0 Å². The molecule has 2 N–H and O–H groups in total. The molecular formula is C23H22F2N2O4S. The number of aryl methyl sites for hydroxylation is 1. The van der Waals surface area contributed by atoms with Crippen molar-refractivity contribution in [2.24, 2.45) is 0 Å². The third-order valence-corrected chi connectivity index (χ3v) is 6.07. The molecule has 0 unspecified atom stereocenters. The van der Waals surface area contributed by atoms with E-state index in [9.17, 15) is 22.0 Å². The molecule has 1 amide bonds. The Bertz CT molecular complexity index is 1180. The average molecular weight is 461 g/mol. The molecule has 0 saturated heterocycles. The molecule has 168 valence electrons. The number of hydrogen-bond donors (Lipinski definition) is 2. The zero-order valence-corrected chi connectivity index (χ0v) is 18.1. The summed E-state index contributed by atoms with van der Waals surface area (Å²) in [6.45, 7) is 0.482. The summed E-state index contributed by atoms with van der Waals surface area (Å²) in [6.07, 6.45) is 1.55. The number of hydrogen-bond acceptors (Lipinski definition) is 4. The van der Waals surface area contributed by atoms with Crippen LogP contribution in [0.3, 0.4) is 0 Å². The van der Waals surface area contributed by atoms with Gasteiger partial charge in [0.05, 0.1) is 12.0 Å². The molecule has 0 fully saturated rings. The number of amides is 1. The lowest BCUT2D eigenvalue weighted by atomic mass is 10.1. The molecule has 0 heterocycles. The van der Waals surface area contributed by atoms with E-state index in [1.165, 1.54) is 24.3 Å². The van der Waals surface area contributed by atoms with Crippen LogP contribution in [0.25, 0.3) is 0 Å². The van der Waals surface area contributed by atoms with Crippen molar-refractivity contribution in [3.05, 3.63) is 89.5 Å². The van der Waals surface area contributed by atoms with Crippen molar-refractivity contribution in [3.63, 3.8) is 0 Å². The molecule has 0 aromatic heterocycles. The van der Waals surface area contributed by atoms with Gasteiger partial charge in [-0.25, -0.2) is 17.2 Å². The molecule has 3 rings (SSSR count). The molecule has 0 spiro atoms. The van der Waals surface area contributed by atoms with Crippen LogP contribution in [-0.4, -0.2) is 28.0 Å². The molecule has 3 aromatic carbocycles. The summed E-state index contributed by atoms with van der Waals surface area (Å²) in [6, 6.07) is 15.8. The summed E-state index contributed by atoms with van der Waals surface area (Å²) >= 11 is 0. The molecule has 0 bridgehead atoms. The first-order valence-electron chi connectivity index (χ1n) is 9.77. The lowest BCUT2D eigenvalue weighted by Gasteiger charge is -2.10. The van der Waals surface area contributed by atoms with Crippen LogP contribution in [0.15, 0.2) is 71.6 Å². The summed E-state index contributed by atoms with van der Waals surface area (Å²) < 4.78 is 58.4. The second-order valence-corrected chi connectivity index (χ2v) is 8.65. The second-order valence-electron chi connectivity index (χ2n) is 6.97. The van der Waals surface area contributed by atoms with Gasteiger partial charge in [-0.05, 0) is 73.0 Å². The fourth-order valence-electron chi connectivity index (χ4n) is 2.94. The SMILES string of the molecule is COc1ccc(CCCNC(=O)c2ccc(NS(=O)(=O)c3ccc(F)c(F)c3)cc2)cc1. The van der Waals surface area contributed by atoms with Crippen LogP contribution in [0.4, 0.5) is 14.5 Å². The highest BCUT2D eigenvalue weighted by Gasteiger charge is 2.17. The Kier molecular flexibility index (Phi) is 7.42. The summed E-state index contributed by atoms with van der Waals surface area (Å²) in [5, 5.41) is 2.82. The van der Waals surface area contributed by atoms with E-state index in [4.69, 9.17) is 4.74 Å². The Morgan fingerprint density at radius 2 is 1.62 bits per heavy atom. The highest BCUT2D eigenvalue weighted by Crippen LogP contribution is 2.19. The Labute approximate surface area is 185 Å². The summed E-state index contributed by atoms with van der Waals surface area (Å²) in [5.41, 5.74) is 1.69.